The van der Waals surface area contributed by atoms with Gasteiger partial charge in [0.2, 0.25) is 0 Å². The number of anilines is 1. The monoisotopic (exact) mass is 509 g/mol. The van der Waals surface area contributed by atoms with Crippen LogP contribution in [0.1, 0.15) is 34.8 Å². The van der Waals surface area contributed by atoms with Gasteiger partial charge in [0, 0.05) is 39.3 Å². The first kappa shape index (κ1) is 27.6. The molecule has 0 saturated heterocycles. The van der Waals surface area contributed by atoms with Crippen molar-refractivity contribution in [2.75, 3.05) is 51.4 Å². The van der Waals surface area contributed by atoms with Crippen molar-refractivity contribution < 1.29 is 32.5 Å². The Morgan fingerprint density at radius 2 is 1.92 bits per heavy atom. The number of benzene rings is 2. The number of fused-ring (bicyclic) bond motifs is 1. The zero-order valence-corrected chi connectivity index (χ0v) is 20.7. The van der Waals surface area contributed by atoms with E-state index in [0.717, 1.165) is 29.8 Å². The minimum Gasteiger partial charge on any atom is -0.488 e. The highest BCUT2D eigenvalue weighted by Crippen LogP contribution is 2.34. The fourth-order valence-electron chi connectivity index (χ4n) is 4.34. The van der Waals surface area contributed by atoms with Crippen LogP contribution in [0.15, 0.2) is 36.4 Å². The Bertz CT molecular complexity index is 1020. The standard InChI is InChI=1S/C26H34F3N3O4/c1-18(31-9-13-35-22-6-3-4-7-23(22)36-17-26(27,28)29)14-19-15-20-8-11-32(10-5-12-33)24(20)21(16-19)25(34)30-2/h3-4,6-7,15-16,18,31,33H,5,8-14,17H2,1-2H3,(H,30,34)/t18-/m1/s1. The summed E-state index contributed by atoms with van der Waals surface area (Å²) >= 11 is 0. The van der Waals surface area contributed by atoms with E-state index in [2.05, 4.69) is 21.6 Å². The Morgan fingerprint density at radius 1 is 1.19 bits per heavy atom. The molecule has 1 amide bonds. The number of hydrogen-bond acceptors (Lipinski definition) is 6. The molecule has 7 nitrogen and oxygen atoms in total. The van der Waals surface area contributed by atoms with Crippen LogP contribution in [0.25, 0.3) is 0 Å². The lowest BCUT2D eigenvalue weighted by atomic mass is 9.98. The van der Waals surface area contributed by atoms with Crippen molar-refractivity contribution in [3.05, 3.63) is 53.1 Å². The van der Waals surface area contributed by atoms with E-state index < -0.39 is 12.8 Å². The predicted octanol–water partition coefficient (Wildman–Crippen LogP) is 3.33. The Kier molecular flexibility index (Phi) is 9.83. The molecule has 0 spiro atoms. The maximum absolute atomic E-state index is 12.6. The lowest BCUT2D eigenvalue weighted by molar-refractivity contribution is -0.153. The van der Waals surface area contributed by atoms with Gasteiger partial charge in [0.1, 0.15) is 6.61 Å². The van der Waals surface area contributed by atoms with Gasteiger partial charge in [-0.1, -0.05) is 18.2 Å². The Hall–Kier alpha value is -2.98. The smallest absolute Gasteiger partial charge is 0.422 e. The maximum Gasteiger partial charge on any atom is 0.422 e. The number of carbonyl (C=O) groups excluding carboxylic acids is 1. The van der Waals surface area contributed by atoms with Gasteiger partial charge in [-0.25, -0.2) is 0 Å². The molecule has 1 aliphatic rings. The highest BCUT2D eigenvalue weighted by molar-refractivity contribution is 6.01. The van der Waals surface area contributed by atoms with E-state index in [-0.39, 0.29) is 36.7 Å². The molecule has 2 aromatic carbocycles. The van der Waals surface area contributed by atoms with E-state index in [1.165, 1.54) is 6.07 Å². The molecular weight excluding hydrogens is 475 g/mol. The number of alkyl halides is 3. The number of ether oxygens (including phenoxy) is 2. The topological polar surface area (TPSA) is 83.1 Å². The first-order valence-electron chi connectivity index (χ1n) is 12.1. The quantitative estimate of drug-likeness (QED) is 0.360. The highest BCUT2D eigenvalue weighted by atomic mass is 19.4. The second kappa shape index (κ2) is 12.8. The van der Waals surface area contributed by atoms with Crippen molar-refractivity contribution in [1.82, 2.24) is 10.6 Å². The summed E-state index contributed by atoms with van der Waals surface area (Å²) in [5, 5.41) is 15.3. The van der Waals surface area contributed by atoms with Crippen molar-refractivity contribution >= 4 is 11.6 Å². The summed E-state index contributed by atoms with van der Waals surface area (Å²) in [5.41, 5.74) is 3.77. The number of carbonyl (C=O) groups is 1. The molecule has 198 valence electrons. The van der Waals surface area contributed by atoms with Crippen LogP contribution in [0.3, 0.4) is 0 Å². The molecule has 36 heavy (non-hydrogen) atoms. The number of aliphatic hydroxyl groups is 1. The lowest BCUT2D eigenvalue weighted by Crippen LogP contribution is -2.32. The molecule has 0 radical (unpaired) electrons. The fourth-order valence-corrected chi connectivity index (χ4v) is 4.34. The largest absolute Gasteiger partial charge is 0.488 e. The van der Waals surface area contributed by atoms with Crippen molar-refractivity contribution in [2.45, 2.75) is 38.4 Å². The van der Waals surface area contributed by atoms with Gasteiger partial charge in [-0.15, -0.1) is 0 Å². The van der Waals surface area contributed by atoms with Crippen molar-refractivity contribution in [3.8, 4) is 11.5 Å². The number of halogens is 3. The Morgan fingerprint density at radius 3 is 2.58 bits per heavy atom. The van der Waals surface area contributed by atoms with E-state index in [0.29, 0.717) is 31.5 Å². The van der Waals surface area contributed by atoms with E-state index in [1.807, 2.05) is 13.0 Å². The summed E-state index contributed by atoms with van der Waals surface area (Å²) in [6.07, 6.45) is -2.23. The summed E-state index contributed by atoms with van der Waals surface area (Å²) in [6.45, 7) is 3.03. The van der Waals surface area contributed by atoms with Gasteiger partial charge in [0.05, 0.1) is 11.3 Å². The number of nitrogens with zero attached hydrogens (tertiary/aromatic N) is 1. The van der Waals surface area contributed by atoms with Gasteiger partial charge < -0.3 is 30.1 Å². The number of aliphatic hydroxyl groups excluding tert-OH is 1. The van der Waals surface area contributed by atoms with E-state index in [1.54, 1.807) is 25.2 Å². The first-order chi connectivity index (χ1) is 17.2. The normalized spacial score (nSPS) is 13.9. The second-order valence-electron chi connectivity index (χ2n) is 8.80. The lowest BCUT2D eigenvalue weighted by Gasteiger charge is -2.22. The van der Waals surface area contributed by atoms with Gasteiger partial charge in [0.15, 0.2) is 18.1 Å². The molecular formula is C26H34F3N3O4. The van der Waals surface area contributed by atoms with Crippen molar-refractivity contribution in [3.63, 3.8) is 0 Å². The van der Waals surface area contributed by atoms with Gasteiger partial charge in [0.25, 0.3) is 5.91 Å². The van der Waals surface area contributed by atoms with Crippen LogP contribution in [0.5, 0.6) is 11.5 Å². The van der Waals surface area contributed by atoms with Gasteiger partial charge in [-0.2, -0.15) is 13.2 Å². The number of para-hydroxylation sites is 2. The van der Waals surface area contributed by atoms with Crippen LogP contribution in [-0.4, -0.2) is 69.7 Å². The van der Waals surface area contributed by atoms with Crippen LogP contribution in [0.2, 0.25) is 0 Å². The van der Waals surface area contributed by atoms with Crippen molar-refractivity contribution in [1.29, 1.82) is 0 Å². The SMILES string of the molecule is CNC(=O)c1cc(C[C@@H](C)NCCOc2ccccc2OCC(F)(F)F)cc2c1N(CCCO)CC2. The molecule has 0 saturated carbocycles. The molecule has 0 aromatic heterocycles. The van der Waals surface area contributed by atoms with Gasteiger partial charge in [-0.05, 0) is 55.5 Å². The van der Waals surface area contributed by atoms with E-state index in [9.17, 15) is 23.1 Å². The van der Waals surface area contributed by atoms with Crippen LogP contribution in [0, 0.1) is 0 Å². The number of rotatable bonds is 13. The first-order valence-corrected chi connectivity index (χ1v) is 12.1. The molecule has 1 atom stereocenters. The van der Waals surface area contributed by atoms with Gasteiger partial charge >= 0.3 is 6.18 Å². The number of hydrogen-bond donors (Lipinski definition) is 3. The zero-order valence-electron chi connectivity index (χ0n) is 20.7. The Balaban J connectivity index is 1.56. The van der Waals surface area contributed by atoms with Gasteiger partial charge in [-0.3, -0.25) is 4.79 Å². The summed E-state index contributed by atoms with van der Waals surface area (Å²) in [5.74, 6) is 0.177. The highest BCUT2D eigenvalue weighted by Gasteiger charge is 2.29. The average molecular weight is 510 g/mol. The molecule has 3 N–H and O–H groups in total. The molecule has 10 heteroatoms. The summed E-state index contributed by atoms with van der Waals surface area (Å²) in [4.78, 5) is 14.8. The van der Waals surface area contributed by atoms with Crippen LogP contribution in [0.4, 0.5) is 18.9 Å². The number of nitrogens with one attached hydrogen (secondary N) is 2. The summed E-state index contributed by atoms with van der Waals surface area (Å²) in [7, 11) is 1.62. The molecule has 0 fully saturated rings. The van der Waals surface area contributed by atoms with Crippen LogP contribution < -0.4 is 25.0 Å². The van der Waals surface area contributed by atoms with E-state index >= 15 is 0 Å². The van der Waals surface area contributed by atoms with Crippen molar-refractivity contribution in [2.24, 2.45) is 0 Å². The molecule has 0 bridgehead atoms. The Labute approximate surface area is 209 Å². The second-order valence-corrected chi connectivity index (χ2v) is 8.80. The molecule has 3 rings (SSSR count). The van der Waals surface area contributed by atoms with Crippen LogP contribution in [-0.2, 0) is 12.8 Å². The third-order valence-electron chi connectivity index (χ3n) is 5.91. The van der Waals surface area contributed by atoms with E-state index in [4.69, 9.17) is 9.47 Å². The molecule has 1 heterocycles. The summed E-state index contributed by atoms with van der Waals surface area (Å²) in [6, 6.07) is 10.4. The third-order valence-corrected chi connectivity index (χ3v) is 5.91. The molecule has 2 aromatic rings. The molecule has 0 unspecified atom stereocenters. The fraction of sp³-hybridized carbons (Fsp3) is 0.500. The minimum atomic E-state index is -4.42. The average Bonchev–Trinajstić information content (AvgIpc) is 3.26. The zero-order chi connectivity index (χ0) is 26.1. The van der Waals surface area contributed by atoms with Crippen LogP contribution >= 0.6 is 0 Å². The minimum absolute atomic E-state index is 0.0516. The molecule has 0 aliphatic carbocycles. The number of amides is 1. The maximum atomic E-state index is 12.6. The summed E-state index contributed by atoms with van der Waals surface area (Å²) < 4.78 is 47.9. The third kappa shape index (κ3) is 7.76. The molecule has 1 aliphatic heterocycles. The predicted molar refractivity (Wildman–Crippen MR) is 132 cm³/mol.